The maximum absolute atomic E-state index is 12.9. The molecule has 0 aliphatic heterocycles. The summed E-state index contributed by atoms with van der Waals surface area (Å²) in [5, 5.41) is 2.31. The molecule has 0 aliphatic carbocycles. The Bertz CT molecular complexity index is 489. The van der Waals surface area contributed by atoms with Gasteiger partial charge in [0.05, 0.1) is 0 Å². The number of hydrogen-bond donors (Lipinski definition) is 2. The normalized spacial score (nSPS) is 11.7. The zero-order valence-corrected chi connectivity index (χ0v) is 9.45. The van der Waals surface area contributed by atoms with Gasteiger partial charge in [-0.3, -0.25) is 9.59 Å². The molecule has 6 heteroatoms. The lowest BCUT2D eigenvalue weighted by Crippen LogP contribution is -2.44. The predicted molar refractivity (Wildman–Crippen MR) is 61.6 cm³/mol. The first-order valence-electron chi connectivity index (χ1n) is 5.12. The van der Waals surface area contributed by atoms with Crippen LogP contribution in [0.4, 0.5) is 8.78 Å². The number of nitrogens with two attached hydrogens (primary N) is 1. The molecule has 0 unspecified atom stereocenters. The van der Waals surface area contributed by atoms with E-state index in [2.05, 4.69) is 11.9 Å². The van der Waals surface area contributed by atoms with Gasteiger partial charge >= 0.3 is 0 Å². The number of halogens is 2. The molecule has 1 aromatic rings. The summed E-state index contributed by atoms with van der Waals surface area (Å²) in [6.45, 7) is 3.42. The van der Waals surface area contributed by atoms with E-state index in [4.69, 9.17) is 5.73 Å². The molecule has 4 nitrogen and oxygen atoms in total. The van der Waals surface area contributed by atoms with Crippen LogP contribution in [0.25, 0.3) is 0 Å². The van der Waals surface area contributed by atoms with Gasteiger partial charge in [-0.1, -0.05) is 6.08 Å². The van der Waals surface area contributed by atoms with Crippen molar-refractivity contribution < 1.29 is 18.4 Å². The van der Waals surface area contributed by atoms with E-state index >= 15 is 0 Å². The molecule has 18 heavy (non-hydrogen) atoms. The third kappa shape index (κ3) is 3.38. The van der Waals surface area contributed by atoms with Crippen LogP contribution in [0.5, 0.6) is 0 Å². The fourth-order valence-electron chi connectivity index (χ4n) is 1.29. The van der Waals surface area contributed by atoms with E-state index in [0.717, 1.165) is 18.2 Å². The fourth-order valence-corrected chi connectivity index (χ4v) is 1.29. The first-order valence-corrected chi connectivity index (χ1v) is 5.12. The van der Waals surface area contributed by atoms with Crippen molar-refractivity contribution in [1.82, 2.24) is 5.32 Å². The number of rotatable bonds is 5. The molecule has 0 heterocycles. The smallest absolute Gasteiger partial charge is 0.252 e. The molecule has 0 saturated heterocycles. The van der Waals surface area contributed by atoms with Crippen LogP contribution in [0.3, 0.4) is 0 Å². The number of nitrogens with one attached hydrogen (secondary N) is 1. The molecule has 0 radical (unpaired) electrons. The monoisotopic (exact) mass is 254 g/mol. The summed E-state index contributed by atoms with van der Waals surface area (Å²) in [5.74, 6) is -3.63. The minimum absolute atomic E-state index is 0.0933. The highest BCUT2D eigenvalue weighted by Gasteiger charge is 2.18. The van der Waals surface area contributed by atoms with E-state index in [1.165, 1.54) is 6.08 Å². The summed E-state index contributed by atoms with van der Waals surface area (Å²) in [4.78, 5) is 22.7. The van der Waals surface area contributed by atoms with Crippen molar-refractivity contribution in [3.05, 3.63) is 48.1 Å². The highest BCUT2D eigenvalue weighted by Crippen LogP contribution is 2.09. The summed E-state index contributed by atoms with van der Waals surface area (Å²) < 4.78 is 25.6. The second-order valence-corrected chi connectivity index (χ2v) is 3.58. The van der Waals surface area contributed by atoms with Crippen LogP contribution < -0.4 is 11.1 Å². The first kappa shape index (κ1) is 13.8. The minimum Gasteiger partial charge on any atom is -0.368 e. The molecule has 0 aliphatic rings. The van der Waals surface area contributed by atoms with Crippen molar-refractivity contribution in [3.63, 3.8) is 0 Å². The molecule has 1 rings (SSSR count). The average molecular weight is 254 g/mol. The van der Waals surface area contributed by atoms with Crippen molar-refractivity contribution in [1.29, 1.82) is 0 Å². The van der Waals surface area contributed by atoms with Crippen LogP contribution in [-0.2, 0) is 4.79 Å². The molecule has 2 amide bonds. The zero-order valence-electron chi connectivity index (χ0n) is 9.45. The van der Waals surface area contributed by atoms with Gasteiger partial charge in [0.2, 0.25) is 5.91 Å². The molecule has 1 atom stereocenters. The van der Waals surface area contributed by atoms with Crippen LogP contribution in [-0.4, -0.2) is 17.9 Å². The Morgan fingerprint density at radius 3 is 2.56 bits per heavy atom. The van der Waals surface area contributed by atoms with Crippen molar-refractivity contribution >= 4 is 11.8 Å². The average Bonchev–Trinajstić information content (AvgIpc) is 2.31. The Balaban J connectivity index is 2.83. The van der Waals surface area contributed by atoms with E-state index < -0.39 is 29.5 Å². The molecular weight excluding hydrogens is 242 g/mol. The number of carbonyl (C=O) groups is 2. The van der Waals surface area contributed by atoms with E-state index in [0.29, 0.717) is 0 Å². The highest BCUT2D eigenvalue weighted by molar-refractivity contribution is 5.97. The number of amides is 2. The molecule has 3 N–H and O–H groups in total. The van der Waals surface area contributed by atoms with Crippen LogP contribution in [0.1, 0.15) is 16.8 Å². The maximum atomic E-state index is 12.9. The van der Waals surface area contributed by atoms with E-state index in [9.17, 15) is 18.4 Å². The summed E-state index contributed by atoms with van der Waals surface area (Å²) in [7, 11) is 0. The van der Waals surface area contributed by atoms with Gasteiger partial charge in [-0.05, 0) is 24.6 Å². The van der Waals surface area contributed by atoms with E-state index in [1.54, 1.807) is 0 Å². The predicted octanol–water partition coefficient (Wildman–Crippen LogP) is 1.12. The third-order valence-electron chi connectivity index (χ3n) is 2.23. The van der Waals surface area contributed by atoms with Gasteiger partial charge in [0, 0.05) is 5.56 Å². The summed E-state index contributed by atoms with van der Waals surface area (Å²) in [6, 6.07) is 1.76. The van der Waals surface area contributed by atoms with Gasteiger partial charge in [0.15, 0.2) is 11.6 Å². The van der Waals surface area contributed by atoms with Crippen LogP contribution >= 0.6 is 0 Å². The summed E-state index contributed by atoms with van der Waals surface area (Å²) in [6.07, 6.45) is 1.58. The number of benzene rings is 1. The Morgan fingerprint density at radius 1 is 1.39 bits per heavy atom. The SMILES string of the molecule is C=CC[C@@H](NC(=O)c1ccc(F)c(F)c1)C(N)=O. The van der Waals surface area contributed by atoms with Crippen molar-refractivity contribution in [3.8, 4) is 0 Å². The standard InChI is InChI=1S/C12H12F2N2O2/c1-2-3-10(11(15)17)16-12(18)7-4-5-8(13)9(14)6-7/h2,4-6,10H,1,3H2,(H2,15,17)(H,16,18)/t10-/m1/s1. The lowest BCUT2D eigenvalue weighted by molar-refractivity contribution is -0.119. The van der Waals surface area contributed by atoms with Gasteiger partial charge in [-0.2, -0.15) is 0 Å². The molecule has 0 fully saturated rings. The van der Waals surface area contributed by atoms with Crippen molar-refractivity contribution in [2.75, 3.05) is 0 Å². The van der Waals surface area contributed by atoms with Crippen LogP contribution in [0.2, 0.25) is 0 Å². The lowest BCUT2D eigenvalue weighted by Gasteiger charge is -2.13. The van der Waals surface area contributed by atoms with Gasteiger partial charge < -0.3 is 11.1 Å². The van der Waals surface area contributed by atoms with E-state index in [-0.39, 0.29) is 12.0 Å². The van der Waals surface area contributed by atoms with Gasteiger partial charge in [-0.15, -0.1) is 6.58 Å². The van der Waals surface area contributed by atoms with Gasteiger partial charge in [0.25, 0.3) is 5.91 Å². The molecular formula is C12H12F2N2O2. The Kier molecular flexibility index (Phi) is 4.53. The summed E-state index contributed by atoms with van der Waals surface area (Å²) >= 11 is 0. The second kappa shape index (κ2) is 5.90. The quantitative estimate of drug-likeness (QED) is 0.773. The van der Waals surface area contributed by atoms with Crippen LogP contribution in [0.15, 0.2) is 30.9 Å². The largest absolute Gasteiger partial charge is 0.368 e. The molecule has 96 valence electrons. The number of hydrogen-bond acceptors (Lipinski definition) is 2. The number of primary amides is 1. The zero-order chi connectivity index (χ0) is 13.7. The molecule has 0 spiro atoms. The Hall–Kier alpha value is -2.24. The topological polar surface area (TPSA) is 72.2 Å². The first-order chi connectivity index (χ1) is 8.45. The van der Waals surface area contributed by atoms with E-state index in [1.807, 2.05) is 0 Å². The maximum Gasteiger partial charge on any atom is 0.252 e. The Labute approximate surface area is 102 Å². The lowest BCUT2D eigenvalue weighted by atomic mass is 10.1. The molecule has 0 saturated carbocycles. The molecule has 0 aromatic heterocycles. The van der Waals surface area contributed by atoms with Crippen molar-refractivity contribution in [2.24, 2.45) is 5.73 Å². The summed E-state index contributed by atoms with van der Waals surface area (Å²) in [5.41, 5.74) is 4.97. The fraction of sp³-hybridized carbons (Fsp3) is 0.167. The minimum atomic E-state index is -1.14. The highest BCUT2D eigenvalue weighted by atomic mass is 19.2. The number of carbonyl (C=O) groups excluding carboxylic acids is 2. The Morgan fingerprint density at radius 2 is 2.06 bits per heavy atom. The van der Waals surface area contributed by atoms with Crippen LogP contribution in [0, 0.1) is 11.6 Å². The van der Waals surface area contributed by atoms with Gasteiger partial charge in [-0.25, -0.2) is 8.78 Å². The third-order valence-corrected chi connectivity index (χ3v) is 2.23. The molecule has 1 aromatic carbocycles. The van der Waals surface area contributed by atoms with Gasteiger partial charge in [0.1, 0.15) is 6.04 Å². The molecule has 0 bridgehead atoms. The second-order valence-electron chi connectivity index (χ2n) is 3.58. The van der Waals surface area contributed by atoms with Crippen molar-refractivity contribution in [2.45, 2.75) is 12.5 Å².